The third-order valence-electron chi connectivity index (χ3n) is 3.09. The minimum absolute atomic E-state index is 0.0131. The third-order valence-corrected chi connectivity index (χ3v) is 3.38. The maximum absolute atomic E-state index is 13.1. The van der Waals surface area contributed by atoms with E-state index in [0.29, 0.717) is 22.7 Å². The van der Waals surface area contributed by atoms with Gasteiger partial charge in [0.05, 0.1) is 24.9 Å². The van der Waals surface area contributed by atoms with E-state index in [1.165, 1.54) is 26.4 Å². The fraction of sp³-hybridized carbons (Fsp3) is 0.188. The van der Waals surface area contributed by atoms with Crippen molar-refractivity contribution in [3.8, 4) is 11.5 Å². The van der Waals surface area contributed by atoms with Crippen LogP contribution in [0.3, 0.4) is 0 Å². The quantitative estimate of drug-likeness (QED) is 0.871. The Hall–Kier alpha value is -2.47. The van der Waals surface area contributed by atoms with Gasteiger partial charge in [-0.1, -0.05) is 17.7 Å². The molecule has 23 heavy (non-hydrogen) atoms. The molecule has 0 aliphatic carbocycles. The number of ether oxygens (including phenoxy) is 2. The van der Waals surface area contributed by atoms with Crippen LogP contribution in [0.2, 0.25) is 5.02 Å². The summed E-state index contributed by atoms with van der Waals surface area (Å²) in [5.74, 6) is 0.596. The fourth-order valence-electron chi connectivity index (χ4n) is 1.91. The molecule has 0 aliphatic rings. The van der Waals surface area contributed by atoms with E-state index in [1.54, 1.807) is 24.3 Å². The van der Waals surface area contributed by atoms with Gasteiger partial charge in [-0.3, -0.25) is 0 Å². The highest BCUT2D eigenvalue weighted by Crippen LogP contribution is 2.28. The van der Waals surface area contributed by atoms with E-state index in [4.69, 9.17) is 21.1 Å². The molecule has 0 aromatic heterocycles. The number of rotatable bonds is 5. The summed E-state index contributed by atoms with van der Waals surface area (Å²) in [6.07, 6.45) is 0. The SMILES string of the molecule is COc1ccc(OC)c(NC(=O)NCc2ccc(F)c(Cl)c2)c1. The van der Waals surface area contributed by atoms with Gasteiger partial charge >= 0.3 is 6.03 Å². The Labute approximate surface area is 138 Å². The summed E-state index contributed by atoms with van der Waals surface area (Å²) in [6.45, 7) is 0.206. The maximum atomic E-state index is 13.1. The molecule has 0 atom stereocenters. The Balaban J connectivity index is 2.00. The number of amides is 2. The Morgan fingerprint density at radius 3 is 2.61 bits per heavy atom. The molecule has 0 bridgehead atoms. The van der Waals surface area contributed by atoms with E-state index in [1.807, 2.05) is 0 Å². The normalized spacial score (nSPS) is 10.1. The lowest BCUT2D eigenvalue weighted by atomic mass is 10.2. The van der Waals surface area contributed by atoms with Crippen molar-refractivity contribution in [3.05, 3.63) is 52.8 Å². The molecule has 0 spiro atoms. The van der Waals surface area contributed by atoms with Gasteiger partial charge < -0.3 is 20.1 Å². The number of hydrogen-bond donors (Lipinski definition) is 2. The molecular weight excluding hydrogens is 323 g/mol. The second kappa shape index (κ2) is 7.69. The van der Waals surface area contributed by atoms with Crippen molar-refractivity contribution in [3.63, 3.8) is 0 Å². The molecule has 5 nitrogen and oxygen atoms in total. The first-order chi connectivity index (χ1) is 11.0. The summed E-state index contributed by atoms with van der Waals surface area (Å²) >= 11 is 5.70. The summed E-state index contributed by atoms with van der Waals surface area (Å²) in [5, 5.41) is 5.34. The van der Waals surface area contributed by atoms with Crippen molar-refractivity contribution >= 4 is 23.3 Å². The molecule has 122 valence electrons. The number of urea groups is 1. The average molecular weight is 339 g/mol. The Morgan fingerprint density at radius 2 is 1.96 bits per heavy atom. The zero-order valence-electron chi connectivity index (χ0n) is 12.7. The van der Waals surface area contributed by atoms with Crippen molar-refractivity contribution < 1.29 is 18.7 Å². The van der Waals surface area contributed by atoms with Crippen LogP contribution in [0.25, 0.3) is 0 Å². The molecule has 0 radical (unpaired) electrons. The van der Waals surface area contributed by atoms with Crippen molar-refractivity contribution in [2.45, 2.75) is 6.54 Å². The van der Waals surface area contributed by atoms with Crippen LogP contribution in [0.15, 0.2) is 36.4 Å². The molecule has 2 aromatic carbocycles. The van der Waals surface area contributed by atoms with Crippen molar-refractivity contribution in [2.24, 2.45) is 0 Å². The summed E-state index contributed by atoms with van der Waals surface area (Å²) < 4.78 is 23.4. The van der Waals surface area contributed by atoms with E-state index in [0.717, 1.165) is 0 Å². The Kier molecular flexibility index (Phi) is 5.65. The van der Waals surface area contributed by atoms with Gasteiger partial charge in [-0.15, -0.1) is 0 Å². The van der Waals surface area contributed by atoms with Crippen LogP contribution in [0.5, 0.6) is 11.5 Å². The first kappa shape index (κ1) is 16.9. The molecule has 2 N–H and O–H groups in total. The van der Waals surface area contributed by atoms with Crippen LogP contribution in [0, 0.1) is 5.82 Å². The Morgan fingerprint density at radius 1 is 1.17 bits per heavy atom. The number of carbonyl (C=O) groups excluding carboxylic acids is 1. The maximum Gasteiger partial charge on any atom is 0.319 e. The summed E-state index contributed by atoms with van der Waals surface area (Å²) in [6, 6.07) is 8.89. The lowest BCUT2D eigenvalue weighted by molar-refractivity contribution is 0.251. The molecule has 0 saturated carbocycles. The van der Waals surface area contributed by atoms with Crippen LogP contribution >= 0.6 is 11.6 Å². The van der Waals surface area contributed by atoms with Gasteiger partial charge in [0.15, 0.2) is 0 Å². The summed E-state index contributed by atoms with van der Waals surface area (Å²) in [5.41, 5.74) is 1.16. The number of halogens is 2. The van der Waals surface area contributed by atoms with E-state index in [9.17, 15) is 9.18 Å². The monoisotopic (exact) mass is 338 g/mol. The van der Waals surface area contributed by atoms with Crippen molar-refractivity contribution in [1.29, 1.82) is 0 Å². The van der Waals surface area contributed by atoms with Gasteiger partial charge in [0.2, 0.25) is 0 Å². The second-order valence-corrected chi connectivity index (χ2v) is 5.03. The van der Waals surface area contributed by atoms with Crippen LogP contribution in [0.1, 0.15) is 5.56 Å². The standard InChI is InChI=1S/C16H16ClFN2O3/c1-22-11-4-6-15(23-2)14(8-11)20-16(21)19-9-10-3-5-13(18)12(17)7-10/h3-8H,9H2,1-2H3,(H2,19,20,21). The van der Waals surface area contributed by atoms with Gasteiger partial charge in [0.1, 0.15) is 17.3 Å². The predicted molar refractivity (Wildman–Crippen MR) is 86.8 cm³/mol. The first-order valence-corrected chi connectivity index (χ1v) is 7.12. The smallest absolute Gasteiger partial charge is 0.319 e. The molecule has 0 heterocycles. The minimum atomic E-state index is -0.499. The molecule has 2 rings (SSSR count). The molecule has 2 amide bonds. The highest BCUT2D eigenvalue weighted by molar-refractivity contribution is 6.30. The fourth-order valence-corrected chi connectivity index (χ4v) is 2.11. The lowest BCUT2D eigenvalue weighted by Gasteiger charge is -2.12. The molecular formula is C16H16ClFN2O3. The zero-order chi connectivity index (χ0) is 16.8. The van der Waals surface area contributed by atoms with Gasteiger partial charge in [-0.05, 0) is 29.8 Å². The topological polar surface area (TPSA) is 59.6 Å². The molecule has 0 unspecified atom stereocenters. The zero-order valence-corrected chi connectivity index (χ0v) is 13.4. The van der Waals surface area contributed by atoms with E-state index in [-0.39, 0.29) is 11.6 Å². The first-order valence-electron chi connectivity index (χ1n) is 6.74. The summed E-state index contributed by atoms with van der Waals surface area (Å²) in [7, 11) is 3.04. The highest BCUT2D eigenvalue weighted by atomic mass is 35.5. The number of hydrogen-bond acceptors (Lipinski definition) is 3. The molecule has 0 saturated heterocycles. The number of benzene rings is 2. The van der Waals surface area contributed by atoms with E-state index in [2.05, 4.69) is 10.6 Å². The molecule has 0 aliphatic heterocycles. The van der Waals surface area contributed by atoms with E-state index < -0.39 is 11.8 Å². The number of anilines is 1. The van der Waals surface area contributed by atoms with Gasteiger partial charge in [-0.25, -0.2) is 9.18 Å². The number of carbonyl (C=O) groups is 1. The van der Waals surface area contributed by atoms with Crippen LogP contribution in [-0.2, 0) is 6.54 Å². The van der Waals surface area contributed by atoms with Crippen LogP contribution in [-0.4, -0.2) is 20.3 Å². The molecule has 7 heteroatoms. The van der Waals surface area contributed by atoms with Crippen LogP contribution < -0.4 is 20.1 Å². The van der Waals surface area contributed by atoms with Crippen molar-refractivity contribution in [1.82, 2.24) is 5.32 Å². The van der Waals surface area contributed by atoms with Crippen LogP contribution in [0.4, 0.5) is 14.9 Å². The molecule has 2 aromatic rings. The highest BCUT2D eigenvalue weighted by Gasteiger charge is 2.09. The lowest BCUT2D eigenvalue weighted by Crippen LogP contribution is -2.28. The van der Waals surface area contributed by atoms with Crippen molar-refractivity contribution in [2.75, 3.05) is 19.5 Å². The van der Waals surface area contributed by atoms with Gasteiger partial charge in [0.25, 0.3) is 0 Å². The number of methoxy groups -OCH3 is 2. The predicted octanol–water partition coefficient (Wildman–Crippen LogP) is 3.82. The third kappa shape index (κ3) is 4.50. The largest absolute Gasteiger partial charge is 0.497 e. The number of nitrogens with one attached hydrogen (secondary N) is 2. The second-order valence-electron chi connectivity index (χ2n) is 4.62. The minimum Gasteiger partial charge on any atom is -0.497 e. The molecule has 0 fully saturated rings. The Bertz CT molecular complexity index is 710. The van der Waals surface area contributed by atoms with E-state index >= 15 is 0 Å². The van der Waals surface area contributed by atoms with Gasteiger partial charge in [0, 0.05) is 12.6 Å². The average Bonchev–Trinajstić information content (AvgIpc) is 2.55. The van der Waals surface area contributed by atoms with Gasteiger partial charge in [-0.2, -0.15) is 0 Å². The summed E-state index contributed by atoms with van der Waals surface area (Å²) in [4.78, 5) is 12.0.